The highest BCUT2D eigenvalue weighted by molar-refractivity contribution is 5.97. The van der Waals surface area contributed by atoms with Crippen LogP contribution in [0.4, 0.5) is 4.39 Å². The van der Waals surface area contributed by atoms with E-state index >= 15 is 0 Å². The third-order valence-electron chi connectivity index (χ3n) is 6.68. The van der Waals surface area contributed by atoms with Gasteiger partial charge in [0.1, 0.15) is 17.5 Å². The van der Waals surface area contributed by atoms with Gasteiger partial charge < -0.3 is 19.6 Å². The number of aliphatic hydroxyl groups excluding tert-OH is 1. The summed E-state index contributed by atoms with van der Waals surface area (Å²) < 4.78 is 19.9. The van der Waals surface area contributed by atoms with E-state index in [0.717, 1.165) is 11.1 Å². The fourth-order valence-electron chi connectivity index (χ4n) is 4.38. The number of hydrogen-bond donors (Lipinski definition) is 1. The van der Waals surface area contributed by atoms with Crippen LogP contribution < -0.4 is 4.74 Å². The van der Waals surface area contributed by atoms with E-state index in [2.05, 4.69) is 4.98 Å². The van der Waals surface area contributed by atoms with Gasteiger partial charge in [0.05, 0.1) is 19.2 Å². The number of amides is 2. The number of hydrogen-bond acceptors (Lipinski definition) is 5. The molecule has 7 nitrogen and oxygen atoms in total. The highest BCUT2D eigenvalue weighted by Gasteiger charge is 2.34. The molecule has 1 aromatic heterocycles. The zero-order valence-electron chi connectivity index (χ0n) is 21.8. The van der Waals surface area contributed by atoms with Crippen LogP contribution in [0.5, 0.6) is 5.88 Å². The normalized spacial score (nSPS) is 18.3. The van der Waals surface area contributed by atoms with Crippen molar-refractivity contribution in [1.82, 2.24) is 14.8 Å². The number of nitrogens with zero attached hydrogens (tertiary/aromatic N) is 3. The Balaban J connectivity index is 1.64. The number of pyridine rings is 1. The minimum Gasteiger partial charge on any atom is -0.472 e. The highest BCUT2D eigenvalue weighted by Crippen LogP contribution is 2.28. The maximum atomic E-state index is 13.7. The number of likely N-dealkylation sites (N-methyl/N-ethyl adjacent to an activating group) is 1. The van der Waals surface area contributed by atoms with Crippen molar-refractivity contribution in [2.45, 2.75) is 26.0 Å². The first-order valence-electron chi connectivity index (χ1n) is 12.6. The van der Waals surface area contributed by atoms with E-state index in [4.69, 9.17) is 4.74 Å². The molecular formula is C30H32FN3O4. The topological polar surface area (TPSA) is 83.0 Å². The molecule has 198 valence electrons. The average molecular weight is 518 g/mol. The molecule has 4 rings (SSSR count). The van der Waals surface area contributed by atoms with Gasteiger partial charge in [-0.05, 0) is 42.3 Å². The smallest absolute Gasteiger partial charge is 0.259 e. The van der Waals surface area contributed by atoms with Crippen LogP contribution >= 0.6 is 0 Å². The van der Waals surface area contributed by atoms with Crippen molar-refractivity contribution in [3.8, 4) is 5.88 Å². The van der Waals surface area contributed by atoms with E-state index in [0.29, 0.717) is 6.54 Å². The van der Waals surface area contributed by atoms with Crippen LogP contribution in [0.1, 0.15) is 45.7 Å². The summed E-state index contributed by atoms with van der Waals surface area (Å²) in [6.45, 7) is 4.03. The number of aromatic nitrogens is 1. The van der Waals surface area contributed by atoms with Crippen molar-refractivity contribution >= 4 is 24.0 Å². The van der Waals surface area contributed by atoms with E-state index in [1.807, 2.05) is 49.4 Å². The van der Waals surface area contributed by atoms with Gasteiger partial charge in [0, 0.05) is 31.3 Å². The van der Waals surface area contributed by atoms with E-state index in [9.17, 15) is 19.1 Å². The molecule has 0 spiro atoms. The Morgan fingerprint density at radius 3 is 2.63 bits per heavy atom. The Hall–Kier alpha value is -4.04. The molecule has 2 amide bonds. The van der Waals surface area contributed by atoms with Gasteiger partial charge in [-0.15, -0.1) is 0 Å². The van der Waals surface area contributed by atoms with Crippen molar-refractivity contribution in [3.05, 3.63) is 94.9 Å². The van der Waals surface area contributed by atoms with Gasteiger partial charge in [0.2, 0.25) is 5.88 Å². The van der Waals surface area contributed by atoms with Crippen molar-refractivity contribution in [2.75, 3.05) is 26.7 Å². The zero-order valence-corrected chi connectivity index (χ0v) is 21.8. The molecule has 2 heterocycles. The number of fused-ring (bicyclic) bond motifs is 1. The molecule has 38 heavy (non-hydrogen) atoms. The van der Waals surface area contributed by atoms with Crippen molar-refractivity contribution in [1.29, 1.82) is 0 Å². The van der Waals surface area contributed by atoms with Crippen LogP contribution in [0.2, 0.25) is 0 Å². The van der Waals surface area contributed by atoms with Crippen molar-refractivity contribution in [3.63, 3.8) is 0 Å². The lowest BCUT2D eigenvalue weighted by molar-refractivity contribution is 0.0313. The highest BCUT2D eigenvalue weighted by atomic mass is 19.1. The van der Waals surface area contributed by atoms with E-state index in [-0.39, 0.29) is 47.9 Å². The number of carbonyl (C=O) groups excluding carboxylic acids is 2. The van der Waals surface area contributed by atoms with Gasteiger partial charge in [0.25, 0.3) is 11.8 Å². The van der Waals surface area contributed by atoms with Crippen molar-refractivity contribution < 1.29 is 23.8 Å². The predicted octanol–water partition coefficient (Wildman–Crippen LogP) is 4.38. The molecule has 0 unspecified atom stereocenters. The fraction of sp³-hybridized carbons (Fsp3) is 0.300. The molecule has 3 atom stereocenters. The summed E-state index contributed by atoms with van der Waals surface area (Å²) >= 11 is 0. The second kappa shape index (κ2) is 12.0. The van der Waals surface area contributed by atoms with Crippen LogP contribution in [-0.4, -0.2) is 70.6 Å². The molecule has 0 fully saturated rings. The maximum Gasteiger partial charge on any atom is 0.259 e. The second-order valence-corrected chi connectivity index (χ2v) is 9.68. The molecule has 1 aliphatic rings. The molecule has 1 N–H and O–H groups in total. The molecule has 1 aliphatic heterocycles. The minimum atomic E-state index is -0.504. The lowest BCUT2D eigenvalue weighted by Gasteiger charge is -2.37. The van der Waals surface area contributed by atoms with Crippen LogP contribution in [-0.2, 0) is 0 Å². The molecule has 8 heteroatoms. The quantitative estimate of drug-likeness (QED) is 0.503. The average Bonchev–Trinajstić information content (AvgIpc) is 2.93. The SMILES string of the molecule is C[C@H]1CN([C@@H](C)CO)C(=O)c2cc(/C=C/c3ccccc3)cnc2O[C@H]1CN(C)C(=O)c1cccc(F)c1. The second-order valence-electron chi connectivity index (χ2n) is 9.68. The van der Waals surface area contributed by atoms with Gasteiger partial charge in [-0.3, -0.25) is 9.59 Å². The Bertz CT molecular complexity index is 1310. The van der Waals surface area contributed by atoms with Crippen LogP contribution in [0, 0.1) is 11.7 Å². The summed E-state index contributed by atoms with van der Waals surface area (Å²) in [6.07, 6.45) is 4.94. The summed E-state index contributed by atoms with van der Waals surface area (Å²) in [4.78, 5) is 34.1. The molecule has 2 aromatic carbocycles. The molecule has 0 bridgehead atoms. The molecule has 0 aliphatic carbocycles. The summed E-state index contributed by atoms with van der Waals surface area (Å²) in [5.74, 6) is -1.12. The lowest BCUT2D eigenvalue weighted by atomic mass is 9.99. The summed E-state index contributed by atoms with van der Waals surface area (Å²) in [5, 5.41) is 9.86. The summed E-state index contributed by atoms with van der Waals surface area (Å²) in [6, 6.07) is 16.6. The number of halogens is 1. The first-order chi connectivity index (χ1) is 18.3. The van der Waals surface area contributed by atoms with Gasteiger partial charge in [-0.1, -0.05) is 55.5 Å². The van der Waals surface area contributed by atoms with Gasteiger partial charge in [0.15, 0.2) is 0 Å². The number of benzene rings is 2. The Kier molecular flexibility index (Phi) is 8.53. The Morgan fingerprint density at radius 2 is 1.92 bits per heavy atom. The van der Waals surface area contributed by atoms with Gasteiger partial charge >= 0.3 is 0 Å². The molecule has 0 radical (unpaired) electrons. The standard InChI is InChI=1S/C30H32FN3O4/c1-20-17-34(21(2)19-35)30(37)26-14-23(13-12-22-8-5-4-6-9-22)16-32-28(26)38-27(20)18-33(3)29(36)24-10-7-11-25(31)15-24/h4-16,20-21,27,35H,17-19H2,1-3H3/b13-12+/t20-,21-,27-/m0/s1. The van der Waals surface area contributed by atoms with E-state index in [1.165, 1.54) is 23.1 Å². The zero-order chi connectivity index (χ0) is 27.2. The van der Waals surface area contributed by atoms with Crippen LogP contribution in [0.15, 0.2) is 66.9 Å². The number of ether oxygens (including phenoxy) is 1. The fourth-order valence-corrected chi connectivity index (χ4v) is 4.38. The van der Waals surface area contributed by atoms with Gasteiger partial charge in [-0.25, -0.2) is 9.37 Å². The predicted molar refractivity (Wildman–Crippen MR) is 144 cm³/mol. The van der Waals surface area contributed by atoms with Crippen molar-refractivity contribution in [2.24, 2.45) is 5.92 Å². The minimum absolute atomic E-state index is 0.171. The molecule has 0 saturated carbocycles. The van der Waals surface area contributed by atoms with Gasteiger partial charge in [-0.2, -0.15) is 0 Å². The number of aliphatic hydroxyl groups is 1. The van der Waals surface area contributed by atoms with Crippen LogP contribution in [0.25, 0.3) is 12.2 Å². The van der Waals surface area contributed by atoms with E-state index < -0.39 is 18.0 Å². The third-order valence-corrected chi connectivity index (χ3v) is 6.68. The molecule has 3 aromatic rings. The maximum absolute atomic E-state index is 13.7. The summed E-state index contributed by atoms with van der Waals surface area (Å²) in [5.41, 5.74) is 2.27. The first-order valence-corrected chi connectivity index (χ1v) is 12.6. The monoisotopic (exact) mass is 517 g/mol. The Morgan fingerprint density at radius 1 is 1.18 bits per heavy atom. The lowest BCUT2D eigenvalue weighted by Crippen LogP contribution is -2.50. The molecular weight excluding hydrogens is 485 g/mol. The Labute approximate surface area is 222 Å². The third kappa shape index (κ3) is 6.26. The largest absolute Gasteiger partial charge is 0.472 e. The summed E-state index contributed by atoms with van der Waals surface area (Å²) in [7, 11) is 1.63. The number of carbonyl (C=O) groups is 2. The first kappa shape index (κ1) is 27.0. The van der Waals surface area contributed by atoms with Crippen LogP contribution in [0.3, 0.4) is 0 Å². The van der Waals surface area contributed by atoms with E-state index in [1.54, 1.807) is 37.2 Å². The number of rotatable bonds is 7. The molecule has 0 saturated heterocycles.